The molecule has 8 nitrogen and oxygen atoms in total. The number of ketones is 1. The van der Waals surface area contributed by atoms with Crippen molar-refractivity contribution in [3.05, 3.63) is 72.0 Å². The number of allylic oxidation sites excluding steroid dienone is 1. The zero-order valence-corrected chi connectivity index (χ0v) is 21.9. The average Bonchev–Trinajstić information content (AvgIpc) is 3.16. The number of nitrogens with one attached hydrogen (secondary N) is 1. The van der Waals surface area contributed by atoms with Gasteiger partial charge in [0.25, 0.3) is 11.7 Å². The van der Waals surface area contributed by atoms with Gasteiger partial charge in [-0.1, -0.05) is 75.8 Å². The second kappa shape index (κ2) is 11.3. The summed E-state index contributed by atoms with van der Waals surface area (Å²) in [6.07, 6.45) is 4.09. The van der Waals surface area contributed by atoms with Crippen LogP contribution in [0.5, 0.6) is 0 Å². The van der Waals surface area contributed by atoms with Crippen molar-refractivity contribution in [2.75, 3.05) is 0 Å². The van der Waals surface area contributed by atoms with Gasteiger partial charge in [-0.05, 0) is 42.2 Å². The minimum atomic E-state index is -1.89. The number of ether oxygens (including phenoxy) is 1. The fourth-order valence-electron chi connectivity index (χ4n) is 6.36. The maximum absolute atomic E-state index is 13.8. The fourth-order valence-corrected chi connectivity index (χ4v) is 6.36. The second-order valence-corrected chi connectivity index (χ2v) is 10.9. The van der Waals surface area contributed by atoms with Crippen LogP contribution < -0.4 is 5.32 Å². The maximum atomic E-state index is 13.8. The predicted molar refractivity (Wildman–Crippen MR) is 141 cm³/mol. The highest BCUT2D eigenvalue weighted by atomic mass is 16.6. The molecule has 4 rings (SSSR count). The van der Waals surface area contributed by atoms with Crippen LogP contribution in [-0.2, 0) is 25.5 Å². The van der Waals surface area contributed by atoms with Crippen molar-refractivity contribution >= 4 is 17.7 Å². The van der Waals surface area contributed by atoms with Crippen molar-refractivity contribution in [1.29, 1.82) is 0 Å². The van der Waals surface area contributed by atoms with Crippen LogP contribution in [0, 0.1) is 23.7 Å². The largest absolute Gasteiger partial charge is 0.515 e. The summed E-state index contributed by atoms with van der Waals surface area (Å²) in [6, 6.07) is 9.11. The smallest absolute Gasteiger partial charge is 0.380 e. The topological polar surface area (TPSA) is 133 Å². The zero-order chi connectivity index (χ0) is 27.6. The second-order valence-electron chi connectivity index (χ2n) is 10.9. The highest BCUT2D eigenvalue weighted by molar-refractivity contribution is 6.41. The summed E-state index contributed by atoms with van der Waals surface area (Å²) in [5.74, 6) is -4.98. The number of hydrogen-bond acceptors (Lipinski definition) is 7. The molecule has 2 fully saturated rings. The molecule has 0 radical (unpaired) electrons. The van der Waals surface area contributed by atoms with E-state index in [0.29, 0.717) is 31.1 Å². The number of carbonyl (C=O) groups excluding carboxylic acids is 3. The lowest BCUT2D eigenvalue weighted by Gasteiger charge is -2.49. The van der Waals surface area contributed by atoms with Gasteiger partial charge in [0.2, 0.25) is 5.60 Å². The third-order valence-electron chi connectivity index (χ3n) is 8.50. The molecule has 8 heteroatoms. The van der Waals surface area contributed by atoms with Crippen LogP contribution in [0.15, 0.2) is 66.5 Å². The fraction of sp³-hybridized carbons (Fsp3) is 0.500. The average molecular weight is 524 g/mol. The van der Waals surface area contributed by atoms with Crippen molar-refractivity contribution < 1.29 is 34.4 Å². The van der Waals surface area contributed by atoms with Crippen molar-refractivity contribution in [3.63, 3.8) is 0 Å². The Morgan fingerprint density at radius 1 is 1.13 bits per heavy atom. The lowest BCUT2D eigenvalue weighted by atomic mass is 9.59. The number of hydrogen-bond donors (Lipinski definition) is 4. The van der Waals surface area contributed by atoms with Crippen molar-refractivity contribution in [2.45, 2.75) is 69.8 Å². The summed E-state index contributed by atoms with van der Waals surface area (Å²) in [5.41, 5.74) is -0.871. The number of esters is 1. The normalized spacial score (nSPS) is 38.5. The molecule has 1 saturated carbocycles. The van der Waals surface area contributed by atoms with E-state index in [0.717, 1.165) is 12.0 Å². The van der Waals surface area contributed by atoms with Gasteiger partial charge in [0, 0.05) is 12.0 Å². The molecule has 2 aliphatic heterocycles. The van der Waals surface area contributed by atoms with Crippen LogP contribution in [-0.4, -0.2) is 56.8 Å². The van der Waals surface area contributed by atoms with Gasteiger partial charge in [-0.2, -0.15) is 0 Å². The molecule has 8 unspecified atom stereocenters. The van der Waals surface area contributed by atoms with Gasteiger partial charge in [-0.3, -0.25) is 9.59 Å². The van der Waals surface area contributed by atoms with E-state index in [4.69, 9.17) is 4.74 Å². The van der Waals surface area contributed by atoms with Gasteiger partial charge in [0.05, 0.1) is 30.0 Å². The van der Waals surface area contributed by atoms with E-state index < -0.39 is 64.8 Å². The summed E-state index contributed by atoms with van der Waals surface area (Å²) in [7, 11) is 0. The van der Waals surface area contributed by atoms with Crippen LogP contribution in [0.25, 0.3) is 0 Å². The van der Waals surface area contributed by atoms with Crippen molar-refractivity contribution in [3.8, 4) is 0 Å². The Labute approximate surface area is 223 Å². The lowest BCUT2D eigenvalue weighted by molar-refractivity contribution is -0.187. The van der Waals surface area contributed by atoms with E-state index in [9.17, 15) is 29.7 Å². The first kappa shape index (κ1) is 27.8. The Bertz CT molecular complexity index is 1140. The molecule has 1 aromatic rings. The Balaban J connectivity index is 1.83. The number of rotatable bonds is 2. The molecular weight excluding hydrogens is 486 g/mol. The minimum absolute atomic E-state index is 0.186. The van der Waals surface area contributed by atoms with Crippen LogP contribution in [0.3, 0.4) is 0 Å². The quantitative estimate of drug-likeness (QED) is 0.154. The molecule has 1 spiro atoms. The molecule has 1 aromatic carbocycles. The summed E-state index contributed by atoms with van der Waals surface area (Å²) >= 11 is 0. The molecule has 3 aliphatic rings. The lowest BCUT2D eigenvalue weighted by Crippen LogP contribution is -2.62. The van der Waals surface area contributed by atoms with E-state index in [1.807, 2.05) is 50.3 Å². The molecular formula is C30H37NO7. The summed E-state index contributed by atoms with van der Waals surface area (Å²) in [6.45, 7) is 8.01. The molecule has 1 saturated heterocycles. The van der Waals surface area contributed by atoms with Gasteiger partial charge in [0.1, 0.15) is 0 Å². The molecule has 204 valence electrons. The summed E-state index contributed by atoms with van der Waals surface area (Å²) < 4.78 is 5.88. The maximum Gasteiger partial charge on any atom is 0.380 e. The van der Waals surface area contributed by atoms with Gasteiger partial charge >= 0.3 is 5.97 Å². The molecule has 4 N–H and O–H groups in total. The third-order valence-corrected chi connectivity index (χ3v) is 8.50. The molecule has 0 aromatic heterocycles. The monoisotopic (exact) mass is 523 g/mol. The highest BCUT2D eigenvalue weighted by Crippen LogP contribution is 2.52. The molecule has 0 bridgehead atoms. The first-order chi connectivity index (χ1) is 18.1. The Morgan fingerprint density at radius 3 is 2.53 bits per heavy atom. The van der Waals surface area contributed by atoms with Gasteiger partial charge in [-0.15, -0.1) is 0 Å². The number of amides is 1. The summed E-state index contributed by atoms with van der Waals surface area (Å²) in [4.78, 5) is 40.2. The van der Waals surface area contributed by atoms with E-state index in [1.165, 1.54) is 0 Å². The van der Waals surface area contributed by atoms with Crippen molar-refractivity contribution in [2.24, 2.45) is 23.7 Å². The van der Waals surface area contributed by atoms with Gasteiger partial charge in [0.15, 0.2) is 0 Å². The Morgan fingerprint density at radius 2 is 1.84 bits per heavy atom. The number of benzene rings is 1. The highest BCUT2D eigenvalue weighted by Gasteiger charge is 2.68. The van der Waals surface area contributed by atoms with E-state index in [-0.39, 0.29) is 12.3 Å². The molecule has 8 atom stereocenters. The minimum Gasteiger partial charge on any atom is -0.515 e. The molecule has 1 aliphatic carbocycles. The SMILES string of the molecule is C=C1C(C)C2C(Cc3ccccc3)NC(=O)C23OC(=O)C(=O)C(=CO)C(O)CCCC(C)C/C=C/C3C1O. The number of aliphatic hydroxyl groups excluding tert-OH is 3. The number of carbonyl (C=O) groups is 3. The third kappa shape index (κ3) is 4.95. The zero-order valence-electron chi connectivity index (χ0n) is 21.9. The predicted octanol–water partition coefficient (Wildman–Crippen LogP) is 2.95. The standard InChI is InChI=1S/C30H37NO7/c1-17-9-7-13-22-26(34)19(3)18(2)25-23(15-20-11-5-4-6-12-20)31-29(37)30(22,25)38-28(36)27(35)21(16-32)24(33)14-8-10-17/h4-7,11-13,16-18,22-26,32-34H,3,8-10,14-15H2,1-2H3,(H,31,37)/b13-7+,21-16?. The van der Waals surface area contributed by atoms with Crippen LogP contribution in [0.1, 0.15) is 45.1 Å². The van der Waals surface area contributed by atoms with Crippen LogP contribution in [0.4, 0.5) is 0 Å². The van der Waals surface area contributed by atoms with Crippen LogP contribution in [0.2, 0.25) is 0 Å². The van der Waals surface area contributed by atoms with E-state index in [2.05, 4.69) is 11.9 Å². The first-order valence-corrected chi connectivity index (χ1v) is 13.3. The molecule has 2 heterocycles. The molecule has 38 heavy (non-hydrogen) atoms. The summed E-state index contributed by atoms with van der Waals surface area (Å²) in [5, 5.41) is 34.6. The molecule has 1 amide bonds. The van der Waals surface area contributed by atoms with E-state index in [1.54, 1.807) is 6.08 Å². The number of Topliss-reactive ketones (excluding diaryl/α,β-unsaturated/α-hetero) is 1. The first-order valence-electron chi connectivity index (χ1n) is 13.3. The van der Waals surface area contributed by atoms with E-state index >= 15 is 0 Å². The Kier molecular flexibility index (Phi) is 8.23. The van der Waals surface area contributed by atoms with Gasteiger partial charge in [-0.25, -0.2) is 4.79 Å². The Hall–Kier alpha value is -3.23. The van der Waals surface area contributed by atoms with Crippen molar-refractivity contribution in [1.82, 2.24) is 5.32 Å². The number of aliphatic hydroxyl groups is 3. The van der Waals surface area contributed by atoms with Crippen LogP contribution >= 0.6 is 0 Å². The van der Waals surface area contributed by atoms with Gasteiger partial charge < -0.3 is 25.4 Å².